The molecule has 156 valence electrons. The van der Waals surface area contributed by atoms with Gasteiger partial charge in [0.1, 0.15) is 5.82 Å². The molecular weight excluding hydrogens is 420 g/mol. The summed E-state index contributed by atoms with van der Waals surface area (Å²) in [6, 6.07) is 15.4. The van der Waals surface area contributed by atoms with E-state index in [9.17, 15) is 9.59 Å². The van der Waals surface area contributed by atoms with E-state index in [2.05, 4.69) is 20.5 Å². The zero-order valence-corrected chi connectivity index (χ0v) is 17.1. The molecule has 10 heteroatoms. The van der Waals surface area contributed by atoms with Crippen LogP contribution in [0.25, 0.3) is 11.4 Å². The molecule has 0 radical (unpaired) electrons. The molecule has 4 rings (SSSR count). The van der Waals surface area contributed by atoms with E-state index in [0.717, 1.165) is 0 Å². The van der Waals surface area contributed by atoms with E-state index in [1.54, 1.807) is 41.1 Å². The van der Waals surface area contributed by atoms with Crippen LogP contribution in [-0.4, -0.2) is 41.5 Å². The Hall–Kier alpha value is -3.98. The molecule has 0 aliphatic heterocycles. The Labute approximate surface area is 181 Å². The largest absolute Gasteiger partial charge is 0.476 e. The van der Waals surface area contributed by atoms with Gasteiger partial charge in [-0.05, 0) is 36.4 Å². The first-order valence-electron chi connectivity index (χ1n) is 9.38. The van der Waals surface area contributed by atoms with Crippen LogP contribution in [0.15, 0.2) is 60.8 Å². The summed E-state index contributed by atoms with van der Waals surface area (Å²) in [7, 11) is 0. The van der Waals surface area contributed by atoms with Crippen molar-refractivity contribution in [2.24, 2.45) is 0 Å². The first kappa shape index (κ1) is 20.3. The topological polar surface area (TPSA) is 115 Å². The van der Waals surface area contributed by atoms with Crippen LogP contribution >= 0.6 is 11.6 Å². The van der Waals surface area contributed by atoms with E-state index in [1.165, 1.54) is 16.9 Å². The van der Waals surface area contributed by atoms with Crippen molar-refractivity contribution in [3.8, 4) is 11.4 Å². The summed E-state index contributed by atoms with van der Waals surface area (Å²) in [5.74, 6) is -0.987. The molecule has 0 aliphatic rings. The van der Waals surface area contributed by atoms with Crippen LogP contribution in [0.1, 0.15) is 33.9 Å². The van der Waals surface area contributed by atoms with Crippen molar-refractivity contribution in [3.63, 3.8) is 0 Å². The Morgan fingerprint density at radius 2 is 1.90 bits per heavy atom. The van der Waals surface area contributed by atoms with E-state index < -0.39 is 11.9 Å². The lowest BCUT2D eigenvalue weighted by atomic mass is 10.2. The number of aromatic carboxylic acids is 1. The number of nitrogens with zero attached hydrogens (tertiary/aromatic N) is 5. The summed E-state index contributed by atoms with van der Waals surface area (Å²) < 4.78 is 2.98. The molecule has 0 saturated heterocycles. The number of carbonyl (C=O) groups is 2. The van der Waals surface area contributed by atoms with Gasteiger partial charge in [-0.1, -0.05) is 36.7 Å². The third-order valence-corrected chi connectivity index (χ3v) is 4.77. The minimum atomic E-state index is -1.12. The fourth-order valence-corrected chi connectivity index (χ4v) is 3.20. The highest BCUT2D eigenvalue weighted by Gasteiger charge is 2.18. The number of amides is 1. The van der Waals surface area contributed by atoms with Gasteiger partial charge >= 0.3 is 5.97 Å². The molecule has 0 atom stereocenters. The minimum Gasteiger partial charge on any atom is -0.476 e. The third kappa shape index (κ3) is 4.17. The molecule has 0 spiro atoms. The Morgan fingerprint density at radius 3 is 2.61 bits per heavy atom. The number of hydrogen-bond acceptors (Lipinski definition) is 5. The molecule has 2 aromatic heterocycles. The van der Waals surface area contributed by atoms with Crippen molar-refractivity contribution in [2.75, 3.05) is 5.32 Å². The first-order valence-corrected chi connectivity index (χ1v) is 9.75. The molecule has 2 N–H and O–H groups in total. The molecule has 4 aromatic rings. The maximum Gasteiger partial charge on any atom is 0.356 e. The molecule has 2 heterocycles. The van der Waals surface area contributed by atoms with Crippen LogP contribution in [0.3, 0.4) is 0 Å². The Bertz CT molecular complexity index is 1280. The van der Waals surface area contributed by atoms with Crippen LogP contribution in [0.5, 0.6) is 0 Å². The molecule has 0 fully saturated rings. The highest BCUT2D eigenvalue weighted by atomic mass is 35.5. The molecule has 9 nitrogen and oxygen atoms in total. The predicted molar refractivity (Wildman–Crippen MR) is 114 cm³/mol. The van der Waals surface area contributed by atoms with Crippen LogP contribution in [0.2, 0.25) is 5.02 Å². The minimum absolute atomic E-state index is 0.00873. The van der Waals surface area contributed by atoms with Gasteiger partial charge in [0.15, 0.2) is 5.69 Å². The van der Waals surface area contributed by atoms with Crippen molar-refractivity contribution < 1.29 is 14.7 Å². The van der Waals surface area contributed by atoms with E-state index >= 15 is 0 Å². The van der Waals surface area contributed by atoms with Gasteiger partial charge in [0.25, 0.3) is 5.91 Å². The lowest BCUT2D eigenvalue weighted by molar-refractivity contribution is 0.0689. The molecule has 0 bridgehead atoms. The molecule has 2 aromatic carbocycles. The summed E-state index contributed by atoms with van der Waals surface area (Å²) in [6.07, 6.45) is 2.09. The summed E-state index contributed by atoms with van der Waals surface area (Å²) in [5.41, 5.74) is 1.65. The smallest absolute Gasteiger partial charge is 0.356 e. The highest BCUT2D eigenvalue weighted by molar-refractivity contribution is 6.32. The number of halogens is 1. The van der Waals surface area contributed by atoms with Gasteiger partial charge in [-0.3, -0.25) is 4.79 Å². The number of anilines is 1. The van der Waals surface area contributed by atoms with Gasteiger partial charge in [-0.15, -0.1) is 5.10 Å². The van der Waals surface area contributed by atoms with E-state index in [0.29, 0.717) is 34.3 Å². The number of hydrogen-bond donors (Lipinski definition) is 2. The van der Waals surface area contributed by atoms with Crippen molar-refractivity contribution in [3.05, 3.63) is 83.2 Å². The normalized spacial score (nSPS) is 10.8. The summed E-state index contributed by atoms with van der Waals surface area (Å²) >= 11 is 6.27. The molecule has 31 heavy (non-hydrogen) atoms. The number of rotatable bonds is 6. The predicted octanol–water partition coefficient (Wildman–Crippen LogP) is 3.62. The van der Waals surface area contributed by atoms with Gasteiger partial charge in [-0.25, -0.2) is 19.1 Å². The molecule has 0 aliphatic carbocycles. The molecular formula is C21H17ClN6O3. The number of carboxylic acids is 1. The second-order valence-electron chi connectivity index (χ2n) is 6.52. The number of benzene rings is 2. The fourth-order valence-electron chi connectivity index (χ4n) is 2.98. The lowest BCUT2D eigenvalue weighted by Crippen LogP contribution is -2.14. The molecule has 0 unspecified atom stereocenters. The standard InChI is InChI=1S/C21H17ClN6O3/c1-2-18-24-19(26-28(18)17-9-4-3-8-15(17)22)20(29)23-13-6-5-7-14(12-13)27-11-10-16(25-27)21(30)31/h3-12H,2H2,1H3,(H,23,29)(H,30,31). The van der Waals surface area contributed by atoms with Crippen LogP contribution in [0.4, 0.5) is 5.69 Å². The number of para-hydroxylation sites is 1. The Balaban J connectivity index is 1.59. The fraction of sp³-hybridized carbons (Fsp3) is 0.0952. The van der Waals surface area contributed by atoms with Gasteiger partial charge in [0, 0.05) is 18.3 Å². The van der Waals surface area contributed by atoms with E-state index in [-0.39, 0.29) is 11.5 Å². The first-order chi connectivity index (χ1) is 15.0. The van der Waals surface area contributed by atoms with E-state index in [4.69, 9.17) is 16.7 Å². The van der Waals surface area contributed by atoms with Gasteiger partial charge in [-0.2, -0.15) is 5.10 Å². The Kier molecular flexibility index (Phi) is 5.50. The molecule has 1 amide bonds. The monoisotopic (exact) mass is 436 g/mol. The lowest BCUT2D eigenvalue weighted by Gasteiger charge is -2.06. The van der Waals surface area contributed by atoms with Crippen molar-refractivity contribution >= 4 is 29.2 Å². The maximum absolute atomic E-state index is 12.8. The summed E-state index contributed by atoms with van der Waals surface area (Å²) in [4.78, 5) is 28.2. The highest BCUT2D eigenvalue weighted by Crippen LogP contribution is 2.21. The van der Waals surface area contributed by atoms with Crippen molar-refractivity contribution in [2.45, 2.75) is 13.3 Å². The van der Waals surface area contributed by atoms with Crippen LogP contribution in [0, 0.1) is 0 Å². The third-order valence-electron chi connectivity index (χ3n) is 4.45. The molecule has 0 saturated carbocycles. The van der Waals surface area contributed by atoms with Gasteiger partial charge < -0.3 is 10.4 Å². The summed E-state index contributed by atoms with van der Waals surface area (Å²) in [6.45, 7) is 1.91. The van der Waals surface area contributed by atoms with Gasteiger partial charge in [0.05, 0.1) is 16.4 Å². The zero-order valence-electron chi connectivity index (χ0n) is 16.4. The second-order valence-corrected chi connectivity index (χ2v) is 6.93. The maximum atomic E-state index is 12.8. The van der Waals surface area contributed by atoms with Crippen molar-refractivity contribution in [1.82, 2.24) is 24.5 Å². The second kappa shape index (κ2) is 8.41. The average molecular weight is 437 g/mol. The van der Waals surface area contributed by atoms with Crippen LogP contribution in [-0.2, 0) is 6.42 Å². The number of aryl methyl sites for hydroxylation is 1. The SMILES string of the molecule is CCc1nc(C(=O)Nc2cccc(-n3ccc(C(=O)O)n3)c2)nn1-c1ccccc1Cl. The quantitative estimate of drug-likeness (QED) is 0.477. The van der Waals surface area contributed by atoms with Crippen molar-refractivity contribution in [1.29, 1.82) is 0 Å². The number of carboxylic acid groups (broad SMARTS) is 1. The summed E-state index contributed by atoms with van der Waals surface area (Å²) in [5, 5.41) is 20.6. The van der Waals surface area contributed by atoms with Crippen LogP contribution < -0.4 is 5.32 Å². The number of aromatic nitrogens is 5. The average Bonchev–Trinajstić information content (AvgIpc) is 3.42. The Morgan fingerprint density at radius 1 is 1.10 bits per heavy atom. The van der Waals surface area contributed by atoms with E-state index in [1.807, 2.05) is 19.1 Å². The van der Waals surface area contributed by atoms with Gasteiger partial charge in [0.2, 0.25) is 5.82 Å². The zero-order chi connectivity index (χ0) is 22.0. The number of carbonyl (C=O) groups excluding carboxylic acids is 1. The number of nitrogens with one attached hydrogen (secondary N) is 1.